The van der Waals surface area contributed by atoms with Crippen molar-refractivity contribution in [3.05, 3.63) is 34.7 Å². The van der Waals surface area contributed by atoms with Crippen molar-refractivity contribution in [3.63, 3.8) is 0 Å². The molecule has 1 unspecified atom stereocenters. The van der Waals surface area contributed by atoms with Gasteiger partial charge in [0.1, 0.15) is 16.0 Å². The number of hydrogen-bond acceptors (Lipinski definition) is 7. The molecule has 2 aliphatic rings. The number of thiazole rings is 1. The van der Waals surface area contributed by atoms with Gasteiger partial charge in [0.15, 0.2) is 0 Å². The van der Waals surface area contributed by atoms with Crippen LogP contribution in [0, 0.1) is 5.92 Å². The molecule has 1 saturated carbocycles. The van der Waals surface area contributed by atoms with Gasteiger partial charge in [0, 0.05) is 25.3 Å². The third-order valence-corrected chi connectivity index (χ3v) is 10.3. The van der Waals surface area contributed by atoms with E-state index in [4.69, 9.17) is 4.42 Å². The van der Waals surface area contributed by atoms with Gasteiger partial charge < -0.3 is 9.32 Å². The molecular formula is C17H21N3O5S3. The molecule has 0 spiro atoms. The molecule has 0 radical (unpaired) electrons. The second-order valence-electron chi connectivity index (χ2n) is 7.10. The fourth-order valence-electron chi connectivity index (χ4n) is 3.07. The highest BCUT2D eigenvalue weighted by atomic mass is 32.3. The first-order chi connectivity index (χ1) is 13.3. The summed E-state index contributed by atoms with van der Waals surface area (Å²) in [4.78, 5) is 19.2. The molecule has 1 aliphatic heterocycles. The molecule has 0 bridgehead atoms. The number of rotatable bonds is 5. The van der Waals surface area contributed by atoms with Gasteiger partial charge in [-0.25, -0.2) is 9.19 Å². The molecule has 8 nitrogen and oxygen atoms in total. The van der Waals surface area contributed by atoms with Crippen LogP contribution in [0.1, 0.15) is 33.9 Å². The van der Waals surface area contributed by atoms with Gasteiger partial charge in [0.2, 0.25) is 0 Å². The maximum absolute atomic E-state index is 13.0. The third kappa shape index (κ3) is 4.47. The van der Waals surface area contributed by atoms with Crippen LogP contribution in [-0.4, -0.2) is 53.0 Å². The van der Waals surface area contributed by atoms with E-state index in [-0.39, 0.29) is 28.9 Å². The Morgan fingerprint density at radius 3 is 2.89 bits per heavy atom. The van der Waals surface area contributed by atoms with Crippen LogP contribution in [0.3, 0.4) is 0 Å². The number of hydrogen-bond donors (Lipinski definition) is 0. The van der Waals surface area contributed by atoms with Crippen LogP contribution in [0.2, 0.25) is 0 Å². The van der Waals surface area contributed by atoms with Crippen LogP contribution in [0.4, 0.5) is 0 Å². The summed E-state index contributed by atoms with van der Waals surface area (Å²) < 4.78 is 46.2. The molecule has 1 amide bonds. The molecule has 0 aromatic carbocycles. The van der Waals surface area contributed by atoms with Crippen LogP contribution in [0.25, 0.3) is 0 Å². The van der Waals surface area contributed by atoms with Gasteiger partial charge in [0.25, 0.3) is 15.9 Å². The molecule has 0 N–H and O–H groups in total. The van der Waals surface area contributed by atoms with Crippen molar-refractivity contribution in [1.29, 1.82) is 0 Å². The number of nitrogens with zero attached hydrogens (tertiary/aromatic N) is 3. The zero-order valence-electron chi connectivity index (χ0n) is 15.2. The van der Waals surface area contributed by atoms with Crippen LogP contribution >= 0.6 is 11.3 Å². The molecule has 11 heteroatoms. The predicted octanol–water partition coefficient (Wildman–Crippen LogP) is 2.39. The molecule has 152 valence electrons. The smallest absolute Gasteiger partial charge is 0.293 e. The molecule has 2 fully saturated rings. The zero-order valence-corrected chi connectivity index (χ0v) is 17.6. The lowest BCUT2D eigenvalue weighted by molar-refractivity contribution is 0.0773. The second kappa shape index (κ2) is 7.60. The van der Waals surface area contributed by atoms with E-state index in [1.54, 1.807) is 11.1 Å². The topological polar surface area (TPSA) is 110 Å². The molecule has 2 aromatic heterocycles. The third-order valence-electron chi connectivity index (χ3n) is 4.81. The SMILES string of the molecule is O=C(c1cnc(CC2CC2)s1)N1CCCS(=O)(=NS(=O)(=O)c2ccoc2)CC1. The van der Waals surface area contributed by atoms with Gasteiger partial charge >= 0.3 is 0 Å². The number of amides is 1. The molecule has 28 heavy (non-hydrogen) atoms. The van der Waals surface area contributed by atoms with Gasteiger partial charge in [-0.15, -0.1) is 15.1 Å². The quantitative estimate of drug-likeness (QED) is 0.702. The van der Waals surface area contributed by atoms with Crippen molar-refractivity contribution in [3.8, 4) is 0 Å². The largest absolute Gasteiger partial charge is 0.471 e. The summed E-state index contributed by atoms with van der Waals surface area (Å²) in [5.74, 6) is 0.740. The summed E-state index contributed by atoms with van der Waals surface area (Å²) in [6, 6.07) is 1.27. The van der Waals surface area contributed by atoms with E-state index < -0.39 is 19.8 Å². The first-order valence-electron chi connectivity index (χ1n) is 9.10. The Balaban J connectivity index is 1.47. The van der Waals surface area contributed by atoms with E-state index in [0.717, 1.165) is 17.7 Å². The Kier molecular flexibility index (Phi) is 5.32. The maximum Gasteiger partial charge on any atom is 0.293 e. The number of furan rings is 1. The van der Waals surface area contributed by atoms with E-state index in [2.05, 4.69) is 8.75 Å². The zero-order chi connectivity index (χ0) is 19.8. The van der Waals surface area contributed by atoms with Crippen molar-refractivity contribution in [1.82, 2.24) is 9.88 Å². The summed E-state index contributed by atoms with van der Waals surface area (Å²) >= 11 is 1.41. The van der Waals surface area contributed by atoms with E-state index in [9.17, 15) is 17.4 Å². The van der Waals surface area contributed by atoms with Gasteiger partial charge in [0.05, 0.1) is 32.9 Å². The van der Waals surface area contributed by atoms with Crippen LogP contribution in [-0.2, 0) is 26.2 Å². The van der Waals surface area contributed by atoms with Gasteiger partial charge in [-0.2, -0.15) is 8.42 Å². The summed E-state index contributed by atoms with van der Waals surface area (Å²) in [7, 11) is -7.01. The number of carbonyl (C=O) groups excluding carboxylic acids is 1. The van der Waals surface area contributed by atoms with Gasteiger partial charge in [-0.1, -0.05) is 0 Å². The highest BCUT2D eigenvalue weighted by Crippen LogP contribution is 2.33. The van der Waals surface area contributed by atoms with Crippen molar-refractivity contribution in [2.75, 3.05) is 24.6 Å². The molecule has 1 aliphatic carbocycles. The Hall–Kier alpha value is -1.72. The van der Waals surface area contributed by atoms with Crippen molar-refractivity contribution >= 4 is 37.0 Å². The van der Waals surface area contributed by atoms with Crippen LogP contribution < -0.4 is 0 Å². The highest BCUT2D eigenvalue weighted by molar-refractivity contribution is 8.03. The summed E-state index contributed by atoms with van der Waals surface area (Å²) in [6.45, 7) is 0.630. The Bertz CT molecular complexity index is 1080. The molecule has 1 saturated heterocycles. The molecule has 3 heterocycles. The number of aromatic nitrogens is 1. The standard InChI is InChI=1S/C17H21N3O5S3/c21-17(15-11-18-16(26-15)10-13-2-3-13)20-5-1-8-27(22,9-6-20)19-28(23,24)14-4-7-25-12-14/h4,7,11-13H,1-3,5-6,8-10H2. The van der Waals surface area contributed by atoms with Gasteiger partial charge in [-0.05, 0) is 31.2 Å². The van der Waals surface area contributed by atoms with E-state index in [0.29, 0.717) is 23.8 Å². The minimum absolute atomic E-state index is 0.0313. The lowest BCUT2D eigenvalue weighted by Crippen LogP contribution is -2.33. The minimum atomic E-state index is -4.04. The number of carbonyl (C=O) groups is 1. The fraction of sp³-hybridized carbons (Fsp3) is 0.529. The van der Waals surface area contributed by atoms with E-state index in [1.165, 1.54) is 36.5 Å². The first kappa shape index (κ1) is 19.6. The average molecular weight is 444 g/mol. The van der Waals surface area contributed by atoms with Crippen molar-refractivity contribution in [2.24, 2.45) is 9.69 Å². The average Bonchev–Trinajstić information content (AvgIpc) is 3.12. The van der Waals surface area contributed by atoms with Crippen LogP contribution in [0.15, 0.2) is 37.9 Å². The van der Waals surface area contributed by atoms with E-state index in [1.807, 2.05) is 0 Å². The van der Waals surface area contributed by atoms with E-state index >= 15 is 0 Å². The van der Waals surface area contributed by atoms with Gasteiger partial charge in [-0.3, -0.25) is 4.79 Å². The Labute approximate surface area is 168 Å². The Morgan fingerprint density at radius 2 is 2.18 bits per heavy atom. The summed E-state index contributed by atoms with van der Waals surface area (Å²) in [5.41, 5.74) is 0. The van der Waals surface area contributed by atoms with Crippen LogP contribution in [0.5, 0.6) is 0 Å². The minimum Gasteiger partial charge on any atom is -0.471 e. The summed E-state index contributed by atoms with van der Waals surface area (Å²) in [6.07, 6.45) is 7.73. The molecule has 4 rings (SSSR count). The molecular weight excluding hydrogens is 422 g/mol. The van der Waals surface area contributed by atoms with Crippen molar-refractivity contribution in [2.45, 2.75) is 30.6 Å². The lowest BCUT2D eigenvalue weighted by atomic mass is 10.3. The molecule has 2 aromatic rings. The monoisotopic (exact) mass is 443 g/mol. The number of sulfonamides is 1. The first-order valence-corrected chi connectivity index (χ1v) is 13.2. The normalized spacial score (nSPS) is 23.4. The molecule has 1 atom stereocenters. The fourth-order valence-corrected chi connectivity index (χ4v) is 8.14. The Morgan fingerprint density at radius 1 is 1.36 bits per heavy atom. The maximum atomic E-state index is 13.0. The summed E-state index contributed by atoms with van der Waals surface area (Å²) in [5, 5.41) is 0.977. The lowest BCUT2D eigenvalue weighted by Gasteiger charge is -2.18. The second-order valence-corrected chi connectivity index (χ2v) is 12.6. The predicted molar refractivity (Wildman–Crippen MR) is 105 cm³/mol. The van der Waals surface area contributed by atoms with Crippen molar-refractivity contribution < 1.29 is 21.8 Å². The highest BCUT2D eigenvalue weighted by Gasteiger charge is 2.28.